The first-order valence-corrected chi connectivity index (χ1v) is 6.50. The van der Waals surface area contributed by atoms with Gasteiger partial charge in [0.1, 0.15) is 17.4 Å². The molecule has 1 saturated carbocycles. The Bertz CT molecular complexity index is 601. The van der Waals surface area contributed by atoms with Crippen molar-refractivity contribution in [2.75, 3.05) is 7.05 Å². The van der Waals surface area contributed by atoms with Gasteiger partial charge >= 0.3 is 0 Å². The molecule has 0 atom stereocenters. The van der Waals surface area contributed by atoms with Crippen LogP contribution in [0.1, 0.15) is 12.8 Å². The molecule has 0 spiro atoms. The molecule has 1 aliphatic carbocycles. The standard InChI is InChI=1S/C15H16N2O2/c1-16-15(18)11-8-12(9-11)19-13-6-2-4-10-5-3-7-17-14(10)13/h2-7,11-12H,8-9H2,1H3,(H,16,18)/t11-,12-. The van der Waals surface area contributed by atoms with Crippen LogP contribution >= 0.6 is 0 Å². The summed E-state index contributed by atoms with van der Waals surface area (Å²) in [5.74, 6) is 1.01. The summed E-state index contributed by atoms with van der Waals surface area (Å²) in [7, 11) is 1.67. The molecule has 3 rings (SSSR count). The quantitative estimate of drug-likeness (QED) is 0.915. The van der Waals surface area contributed by atoms with Crippen molar-refractivity contribution in [2.45, 2.75) is 18.9 Å². The van der Waals surface area contributed by atoms with E-state index in [0.717, 1.165) is 29.5 Å². The number of carbonyl (C=O) groups excluding carboxylic acids is 1. The van der Waals surface area contributed by atoms with Crippen molar-refractivity contribution in [3.05, 3.63) is 36.5 Å². The van der Waals surface area contributed by atoms with Crippen LogP contribution in [-0.4, -0.2) is 24.0 Å². The van der Waals surface area contributed by atoms with Gasteiger partial charge in [0, 0.05) is 24.5 Å². The van der Waals surface area contributed by atoms with E-state index in [1.165, 1.54) is 0 Å². The summed E-state index contributed by atoms with van der Waals surface area (Å²) >= 11 is 0. The number of nitrogens with zero attached hydrogens (tertiary/aromatic N) is 1. The number of hydrogen-bond acceptors (Lipinski definition) is 3. The van der Waals surface area contributed by atoms with Crippen LogP contribution in [0, 0.1) is 5.92 Å². The van der Waals surface area contributed by atoms with Gasteiger partial charge in [0.25, 0.3) is 0 Å². The average molecular weight is 256 g/mol. The molecule has 2 aromatic rings. The van der Waals surface area contributed by atoms with Gasteiger partial charge in [0.15, 0.2) is 0 Å². The Morgan fingerprint density at radius 2 is 2.11 bits per heavy atom. The van der Waals surface area contributed by atoms with E-state index in [9.17, 15) is 4.79 Å². The first-order valence-electron chi connectivity index (χ1n) is 6.50. The predicted molar refractivity (Wildman–Crippen MR) is 72.9 cm³/mol. The van der Waals surface area contributed by atoms with Crippen molar-refractivity contribution in [1.29, 1.82) is 0 Å². The summed E-state index contributed by atoms with van der Waals surface area (Å²) < 4.78 is 5.95. The maximum absolute atomic E-state index is 11.4. The van der Waals surface area contributed by atoms with E-state index in [1.54, 1.807) is 13.2 Å². The number of hydrogen-bond donors (Lipinski definition) is 1. The molecule has 1 aliphatic rings. The van der Waals surface area contributed by atoms with Gasteiger partial charge < -0.3 is 10.1 Å². The van der Waals surface area contributed by atoms with Crippen LogP contribution in [0.2, 0.25) is 0 Å². The maximum atomic E-state index is 11.4. The Morgan fingerprint density at radius 1 is 1.32 bits per heavy atom. The number of ether oxygens (including phenoxy) is 1. The molecule has 1 amide bonds. The monoisotopic (exact) mass is 256 g/mol. The smallest absolute Gasteiger partial charge is 0.223 e. The molecular weight excluding hydrogens is 240 g/mol. The third kappa shape index (κ3) is 2.26. The molecule has 0 aliphatic heterocycles. The van der Waals surface area contributed by atoms with Crippen molar-refractivity contribution in [2.24, 2.45) is 5.92 Å². The second-order valence-corrected chi connectivity index (χ2v) is 4.85. The van der Waals surface area contributed by atoms with Crippen LogP contribution < -0.4 is 10.1 Å². The Balaban J connectivity index is 1.72. The second kappa shape index (κ2) is 4.88. The van der Waals surface area contributed by atoms with Crippen LogP contribution in [-0.2, 0) is 4.79 Å². The van der Waals surface area contributed by atoms with Crippen molar-refractivity contribution in [3.8, 4) is 5.75 Å². The van der Waals surface area contributed by atoms with E-state index in [4.69, 9.17) is 4.74 Å². The highest BCUT2D eigenvalue weighted by atomic mass is 16.5. The van der Waals surface area contributed by atoms with Crippen LogP contribution in [0.25, 0.3) is 10.9 Å². The van der Waals surface area contributed by atoms with Crippen LogP contribution in [0.3, 0.4) is 0 Å². The third-order valence-electron chi connectivity index (χ3n) is 3.60. The first-order chi connectivity index (χ1) is 9.28. The summed E-state index contributed by atoms with van der Waals surface area (Å²) in [6.07, 6.45) is 3.45. The zero-order valence-electron chi connectivity index (χ0n) is 10.8. The van der Waals surface area contributed by atoms with Crippen LogP contribution in [0.15, 0.2) is 36.5 Å². The lowest BCUT2D eigenvalue weighted by Crippen LogP contribution is -2.42. The van der Waals surface area contributed by atoms with Gasteiger partial charge in [0.2, 0.25) is 5.91 Å². The minimum atomic E-state index is 0.0953. The Labute approximate surface area is 111 Å². The summed E-state index contributed by atoms with van der Waals surface area (Å²) in [6.45, 7) is 0. The largest absolute Gasteiger partial charge is 0.488 e. The Hall–Kier alpha value is -2.10. The molecule has 0 saturated heterocycles. The Morgan fingerprint density at radius 3 is 2.89 bits per heavy atom. The number of benzene rings is 1. The maximum Gasteiger partial charge on any atom is 0.223 e. The third-order valence-corrected chi connectivity index (χ3v) is 3.60. The minimum Gasteiger partial charge on any atom is -0.488 e. The number of aromatic nitrogens is 1. The molecule has 0 unspecified atom stereocenters. The van der Waals surface area contributed by atoms with E-state index in [-0.39, 0.29) is 17.9 Å². The van der Waals surface area contributed by atoms with Gasteiger partial charge in [-0.15, -0.1) is 0 Å². The summed E-state index contributed by atoms with van der Waals surface area (Å²) in [5, 5.41) is 3.75. The number of rotatable bonds is 3. The number of para-hydroxylation sites is 1. The molecule has 1 fully saturated rings. The van der Waals surface area contributed by atoms with Gasteiger partial charge in [-0.2, -0.15) is 0 Å². The highest BCUT2D eigenvalue weighted by Gasteiger charge is 2.35. The van der Waals surface area contributed by atoms with E-state index in [0.29, 0.717) is 0 Å². The lowest BCUT2D eigenvalue weighted by Gasteiger charge is -2.34. The highest BCUT2D eigenvalue weighted by Crippen LogP contribution is 2.33. The fraction of sp³-hybridized carbons (Fsp3) is 0.333. The van der Waals surface area contributed by atoms with Gasteiger partial charge in [-0.1, -0.05) is 18.2 Å². The molecule has 19 heavy (non-hydrogen) atoms. The van der Waals surface area contributed by atoms with Gasteiger partial charge in [-0.3, -0.25) is 9.78 Å². The van der Waals surface area contributed by atoms with Crippen molar-refractivity contribution in [1.82, 2.24) is 10.3 Å². The van der Waals surface area contributed by atoms with E-state index in [2.05, 4.69) is 10.3 Å². The number of carbonyl (C=O) groups is 1. The first kappa shape index (κ1) is 12.0. The molecule has 1 heterocycles. The lowest BCUT2D eigenvalue weighted by atomic mass is 9.81. The second-order valence-electron chi connectivity index (χ2n) is 4.85. The molecule has 98 valence electrons. The molecule has 4 nitrogen and oxygen atoms in total. The zero-order chi connectivity index (χ0) is 13.2. The molecule has 4 heteroatoms. The Kier molecular flexibility index (Phi) is 3.07. The van der Waals surface area contributed by atoms with Crippen molar-refractivity contribution < 1.29 is 9.53 Å². The van der Waals surface area contributed by atoms with Gasteiger partial charge in [-0.05, 0) is 25.0 Å². The predicted octanol–water partition coefficient (Wildman–Crippen LogP) is 2.14. The number of nitrogens with one attached hydrogen (secondary N) is 1. The molecular formula is C15H16N2O2. The van der Waals surface area contributed by atoms with E-state index >= 15 is 0 Å². The van der Waals surface area contributed by atoms with Crippen LogP contribution in [0.5, 0.6) is 5.75 Å². The highest BCUT2D eigenvalue weighted by molar-refractivity contribution is 5.84. The summed E-state index contributed by atoms with van der Waals surface area (Å²) in [4.78, 5) is 15.8. The van der Waals surface area contributed by atoms with Crippen molar-refractivity contribution in [3.63, 3.8) is 0 Å². The molecule has 0 radical (unpaired) electrons. The summed E-state index contributed by atoms with van der Waals surface area (Å²) in [5.41, 5.74) is 0.883. The summed E-state index contributed by atoms with van der Waals surface area (Å²) in [6, 6.07) is 9.85. The number of fused-ring (bicyclic) bond motifs is 1. The average Bonchev–Trinajstić information content (AvgIpc) is 2.41. The fourth-order valence-electron chi connectivity index (χ4n) is 2.43. The zero-order valence-corrected chi connectivity index (χ0v) is 10.8. The number of pyridine rings is 1. The SMILES string of the molecule is CNC(=O)[C@H]1C[C@H](Oc2cccc3cccnc23)C1. The number of amides is 1. The molecule has 1 N–H and O–H groups in total. The topological polar surface area (TPSA) is 51.2 Å². The lowest BCUT2D eigenvalue weighted by molar-refractivity contribution is -0.130. The van der Waals surface area contributed by atoms with Gasteiger partial charge in [0.05, 0.1) is 0 Å². The van der Waals surface area contributed by atoms with E-state index in [1.807, 2.05) is 30.3 Å². The normalized spacial score (nSPS) is 21.7. The molecule has 1 aromatic heterocycles. The minimum absolute atomic E-state index is 0.0953. The van der Waals surface area contributed by atoms with Gasteiger partial charge in [-0.25, -0.2) is 0 Å². The van der Waals surface area contributed by atoms with Crippen LogP contribution in [0.4, 0.5) is 0 Å². The van der Waals surface area contributed by atoms with E-state index < -0.39 is 0 Å². The molecule has 0 bridgehead atoms. The molecule has 1 aromatic carbocycles. The van der Waals surface area contributed by atoms with Crippen molar-refractivity contribution >= 4 is 16.8 Å². The fourth-order valence-corrected chi connectivity index (χ4v) is 2.43.